The van der Waals surface area contributed by atoms with Gasteiger partial charge in [0.05, 0.1) is 0 Å². The normalized spacial score (nSPS) is 22.7. The van der Waals surface area contributed by atoms with Crippen molar-refractivity contribution in [1.82, 2.24) is 24.3 Å². The van der Waals surface area contributed by atoms with Crippen molar-refractivity contribution in [2.45, 2.75) is 52.2 Å². The Hall–Kier alpha value is -3.61. The summed E-state index contributed by atoms with van der Waals surface area (Å²) in [5, 5.41) is 3.96. The van der Waals surface area contributed by atoms with Gasteiger partial charge in [-0.25, -0.2) is 14.5 Å². The molecule has 0 radical (unpaired) electrons. The molecule has 0 saturated carbocycles. The molecule has 13 heteroatoms. The summed E-state index contributed by atoms with van der Waals surface area (Å²) in [5.41, 5.74) is -0.185. The standard InChI is InChI=1S/C18H21N5O8/c1-9-5-22(18(27)21-16(9)23-8-19-7-20-23)17-15(30-12(4)26)14(29-11(3)25)13(31-17)6-28-10(2)24/h5,7-8,13-15,17H,6H2,1-4H3/t13-,14?,15+,17-/m1/s1. The first kappa shape index (κ1) is 22.1. The Morgan fingerprint density at radius 1 is 1.10 bits per heavy atom. The van der Waals surface area contributed by atoms with Crippen molar-refractivity contribution in [3.05, 3.63) is 34.9 Å². The SMILES string of the molecule is CC(=O)OC[C@H]1O[C@@H](n2cc(C)c(-n3cncn3)nc2=O)[C@@H](OC(C)=O)C1OC(C)=O. The van der Waals surface area contributed by atoms with Crippen molar-refractivity contribution in [3.8, 4) is 5.82 Å². The smallest absolute Gasteiger partial charge is 0.351 e. The van der Waals surface area contributed by atoms with E-state index in [4.69, 9.17) is 18.9 Å². The molecule has 4 atom stereocenters. The Labute approximate surface area is 175 Å². The topological polar surface area (TPSA) is 154 Å². The van der Waals surface area contributed by atoms with Crippen LogP contribution in [0.4, 0.5) is 0 Å². The van der Waals surface area contributed by atoms with Gasteiger partial charge < -0.3 is 18.9 Å². The number of rotatable bonds is 6. The molecule has 1 aliphatic rings. The second kappa shape index (κ2) is 9.04. The van der Waals surface area contributed by atoms with Gasteiger partial charge in [0.1, 0.15) is 25.4 Å². The molecule has 3 rings (SSSR count). The van der Waals surface area contributed by atoms with E-state index in [1.165, 1.54) is 44.3 Å². The number of aromatic nitrogens is 5. The highest BCUT2D eigenvalue weighted by atomic mass is 16.7. The second-order valence-corrected chi connectivity index (χ2v) is 6.79. The second-order valence-electron chi connectivity index (χ2n) is 6.79. The van der Waals surface area contributed by atoms with E-state index in [1.54, 1.807) is 6.92 Å². The largest absolute Gasteiger partial charge is 0.463 e. The Bertz CT molecular complexity index is 1030. The monoisotopic (exact) mass is 435 g/mol. The number of hydrogen-bond acceptors (Lipinski definition) is 11. The molecule has 0 N–H and O–H groups in total. The fraction of sp³-hybridized carbons (Fsp3) is 0.500. The lowest BCUT2D eigenvalue weighted by Crippen LogP contribution is -2.42. The van der Waals surface area contributed by atoms with Crippen molar-refractivity contribution in [2.24, 2.45) is 0 Å². The third-order valence-electron chi connectivity index (χ3n) is 4.36. The van der Waals surface area contributed by atoms with Crippen LogP contribution in [-0.4, -0.2) is 67.1 Å². The molecule has 166 valence electrons. The minimum absolute atomic E-state index is 0.258. The molecule has 2 aromatic rings. The summed E-state index contributed by atoms with van der Waals surface area (Å²) in [7, 11) is 0. The van der Waals surface area contributed by atoms with E-state index >= 15 is 0 Å². The lowest BCUT2D eigenvalue weighted by atomic mass is 10.1. The lowest BCUT2D eigenvalue weighted by Gasteiger charge is -2.24. The number of esters is 3. The molecular formula is C18H21N5O8. The zero-order valence-corrected chi connectivity index (χ0v) is 17.3. The van der Waals surface area contributed by atoms with Gasteiger partial charge in [-0.15, -0.1) is 0 Å². The molecule has 2 aromatic heterocycles. The summed E-state index contributed by atoms with van der Waals surface area (Å²) in [4.78, 5) is 55.2. The molecule has 0 aliphatic carbocycles. The maximum Gasteiger partial charge on any atom is 0.351 e. The van der Waals surface area contributed by atoms with Gasteiger partial charge in [0.25, 0.3) is 0 Å². The van der Waals surface area contributed by atoms with Gasteiger partial charge in [-0.3, -0.25) is 19.0 Å². The maximum atomic E-state index is 12.8. The van der Waals surface area contributed by atoms with Gasteiger partial charge in [0.2, 0.25) is 0 Å². The number of ether oxygens (including phenoxy) is 4. The first-order valence-electron chi connectivity index (χ1n) is 9.25. The van der Waals surface area contributed by atoms with Crippen molar-refractivity contribution in [1.29, 1.82) is 0 Å². The van der Waals surface area contributed by atoms with Gasteiger partial charge in [-0.1, -0.05) is 0 Å². The maximum absolute atomic E-state index is 12.8. The third-order valence-corrected chi connectivity index (χ3v) is 4.36. The number of hydrogen-bond donors (Lipinski definition) is 0. The molecule has 1 aliphatic heterocycles. The van der Waals surface area contributed by atoms with E-state index in [1.807, 2.05) is 0 Å². The van der Waals surface area contributed by atoms with Crippen LogP contribution < -0.4 is 5.69 Å². The van der Waals surface area contributed by atoms with E-state index < -0.39 is 48.1 Å². The highest BCUT2D eigenvalue weighted by molar-refractivity contribution is 5.68. The summed E-state index contributed by atoms with van der Waals surface area (Å²) in [5.74, 6) is -1.67. The quantitative estimate of drug-likeness (QED) is 0.424. The Morgan fingerprint density at radius 3 is 2.35 bits per heavy atom. The van der Waals surface area contributed by atoms with Gasteiger partial charge >= 0.3 is 23.6 Å². The van der Waals surface area contributed by atoms with Crippen molar-refractivity contribution in [2.75, 3.05) is 6.61 Å². The minimum atomic E-state index is -1.18. The summed E-state index contributed by atoms with van der Waals surface area (Å²) in [6, 6.07) is 0. The van der Waals surface area contributed by atoms with Crippen LogP contribution >= 0.6 is 0 Å². The number of nitrogens with zero attached hydrogens (tertiary/aromatic N) is 5. The van der Waals surface area contributed by atoms with Crippen LogP contribution in [0.1, 0.15) is 32.6 Å². The van der Waals surface area contributed by atoms with Crippen LogP contribution in [0, 0.1) is 6.92 Å². The van der Waals surface area contributed by atoms with E-state index in [2.05, 4.69) is 15.1 Å². The molecule has 1 unspecified atom stereocenters. The predicted octanol–water partition coefficient (Wildman–Crippen LogP) is -0.544. The molecule has 3 heterocycles. The Morgan fingerprint density at radius 2 is 1.77 bits per heavy atom. The minimum Gasteiger partial charge on any atom is -0.463 e. The van der Waals surface area contributed by atoms with Crippen molar-refractivity contribution >= 4 is 17.9 Å². The zero-order chi connectivity index (χ0) is 22.7. The first-order valence-corrected chi connectivity index (χ1v) is 9.25. The summed E-state index contributed by atoms with van der Waals surface area (Å²) in [6.45, 7) is 4.96. The van der Waals surface area contributed by atoms with Gasteiger partial charge in [0, 0.05) is 32.5 Å². The molecule has 0 amide bonds. The Balaban J connectivity index is 2.01. The average molecular weight is 435 g/mol. The van der Waals surface area contributed by atoms with E-state index in [0.717, 1.165) is 4.57 Å². The molecule has 1 fully saturated rings. The molecule has 0 bridgehead atoms. The van der Waals surface area contributed by atoms with Gasteiger partial charge in [-0.05, 0) is 6.92 Å². The van der Waals surface area contributed by atoms with E-state index in [-0.39, 0.29) is 12.4 Å². The van der Waals surface area contributed by atoms with Gasteiger partial charge in [0.15, 0.2) is 24.3 Å². The van der Waals surface area contributed by atoms with Crippen LogP contribution in [-0.2, 0) is 33.3 Å². The molecule has 0 aromatic carbocycles. The van der Waals surface area contributed by atoms with Crippen LogP contribution in [0.15, 0.2) is 23.6 Å². The van der Waals surface area contributed by atoms with Crippen LogP contribution in [0.5, 0.6) is 0 Å². The van der Waals surface area contributed by atoms with E-state index in [9.17, 15) is 19.2 Å². The zero-order valence-electron chi connectivity index (χ0n) is 17.3. The molecule has 1 saturated heterocycles. The highest BCUT2D eigenvalue weighted by Crippen LogP contribution is 2.34. The summed E-state index contributed by atoms with van der Waals surface area (Å²) < 4.78 is 23.9. The molecule has 31 heavy (non-hydrogen) atoms. The number of carbonyl (C=O) groups excluding carboxylic acids is 3. The van der Waals surface area contributed by atoms with Crippen LogP contribution in [0.25, 0.3) is 5.82 Å². The lowest BCUT2D eigenvalue weighted by molar-refractivity contribution is -0.166. The third kappa shape index (κ3) is 4.94. The predicted molar refractivity (Wildman–Crippen MR) is 99.8 cm³/mol. The van der Waals surface area contributed by atoms with Crippen molar-refractivity contribution in [3.63, 3.8) is 0 Å². The van der Waals surface area contributed by atoms with E-state index in [0.29, 0.717) is 5.56 Å². The fourth-order valence-corrected chi connectivity index (χ4v) is 3.21. The van der Waals surface area contributed by atoms with Crippen molar-refractivity contribution < 1.29 is 33.3 Å². The average Bonchev–Trinajstić information content (AvgIpc) is 3.30. The van der Waals surface area contributed by atoms with Crippen LogP contribution in [0.3, 0.4) is 0 Å². The highest BCUT2D eigenvalue weighted by Gasteiger charge is 2.51. The number of carbonyl (C=O) groups is 3. The molecule has 0 spiro atoms. The van der Waals surface area contributed by atoms with Gasteiger partial charge in [-0.2, -0.15) is 10.1 Å². The summed E-state index contributed by atoms with van der Waals surface area (Å²) in [6.07, 6.45) is -0.328. The molecular weight excluding hydrogens is 414 g/mol. The fourth-order valence-electron chi connectivity index (χ4n) is 3.21. The Kier molecular flexibility index (Phi) is 6.44. The summed E-state index contributed by atoms with van der Waals surface area (Å²) >= 11 is 0. The first-order chi connectivity index (χ1) is 14.7. The molecule has 13 nitrogen and oxygen atoms in total. The van der Waals surface area contributed by atoms with Crippen LogP contribution in [0.2, 0.25) is 0 Å². The number of aryl methyl sites for hydroxylation is 1.